The number of amides is 2. The van der Waals surface area contributed by atoms with Gasteiger partial charge in [0, 0.05) is 89.3 Å². The highest BCUT2D eigenvalue weighted by atomic mass is 79.9. The number of benzene rings is 4. The molecule has 0 N–H and O–H groups in total. The molecular formula is C46H59BrN6O10S4. The van der Waals surface area contributed by atoms with Gasteiger partial charge in [0.1, 0.15) is 0 Å². The van der Waals surface area contributed by atoms with E-state index in [1.807, 2.05) is 0 Å². The topological polar surface area (TPSA) is 190 Å². The lowest BCUT2D eigenvalue weighted by atomic mass is 10.1. The Morgan fingerprint density at radius 2 is 0.821 bits per heavy atom. The van der Waals surface area contributed by atoms with Crippen molar-refractivity contribution in [3.05, 3.63) is 106 Å². The predicted octanol–water partition coefficient (Wildman–Crippen LogP) is 5.00. The second-order valence-corrected chi connectivity index (χ2v) is 25.5. The van der Waals surface area contributed by atoms with Crippen LogP contribution in [0.3, 0.4) is 0 Å². The summed E-state index contributed by atoms with van der Waals surface area (Å²) in [4.78, 5) is 34.1. The molecule has 0 spiro atoms. The zero-order valence-electron chi connectivity index (χ0n) is 38.6. The van der Waals surface area contributed by atoms with Crippen LogP contribution in [-0.2, 0) is 39.7 Å². The highest BCUT2D eigenvalue weighted by Gasteiger charge is 2.34. The average molecular weight is 1060 g/mol. The Morgan fingerprint density at radius 3 is 1.10 bits per heavy atom. The normalized spacial score (nSPS) is 18.3. The number of sulfonamides is 2. The third-order valence-corrected chi connectivity index (χ3v) is 18.5. The van der Waals surface area contributed by atoms with Gasteiger partial charge in [-0.25, -0.2) is 33.7 Å². The fraction of sp³-hybridized carbons (Fsp3) is 0.435. The maximum Gasteiger partial charge on any atom is 0.255 e. The quantitative estimate of drug-likeness (QED) is 0.230. The Morgan fingerprint density at radius 1 is 0.478 bits per heavy atom. The highest BCUT2D eigenvalue weighted by Crippen LogP contribution is 2.32. The predicted molar refractivity (Wildman–Crippen MR) is 269 cm³/mol. The van der Waals surface area contributed by atoms with Gasteiger partial charge in [-0.15, -0.1) is 17.0 Å². The molecule has 2 amide bonds. The van der Waals surface area contributed by atoms with Crippen LogP contribution in [0.5, 0.6) is 0 Å². The third-order valence-electron chi connectivity index (χ3n) is 12.5. The first-order valence-corrected chi connectivity index (χ1v) is 28.9. The number of rotatable bonds is 8. The first-order chi connectivity index (χ1) is 30.9. The standard InChI is InChI=1S/2C23H29N3O5S2.BrH/c2*1-17-5-8-21(18(2)15-17)24-10-12-25(13-11-24)23(27)20-7-6-19(16-22(20)32(3,28)29)26-9-4-14-33(26,30)31;/h2*5-8,15-16H,4,9-14H2,1-3H3;1H. The molecule has 0 bridgehead atoms. The molecule has 4 aromatic carbocycles. The van der Waals surface area contributed by atoms with Gasteiger partial charge >= 0.3 is 0 Å². The molecule has 0 atom stereocenters. The van der Waals surface area contributed by atoms with Crippen LogP contribution in [0.25, 0.3) is 0 Å². The minimum absolute atomic E-state index is 0. The summed E-state index contributed by atoms with van der Waals surface area (Å²) in [5.74, 6) is -0.641. The minimum Gasteiger partial charge on any atom is -0.368 e. The molecule has 4 heterocycles. The number of sulfone groups is 2. The molecule has 4 aliphatic heterocycles. The van der Waals surface area contributed by atoms with Crippen molar-refractivity contribution in [2.45, 2.75) is 50.3 Å². The summed E-state index contributed by atoms with van der Waals surface area (Å²) in [5.41, 5.74) is 7.76. The molecule has 0 aliphatic carbocycles. The van der Waals surface area contributed by atoms with Crippen LogP contribution in [-0.4, -0.2) is 145 Å². The van der Waals surface area contributed by atoms with Gasteiger partial charge in [0.05, 0.1) is 43.8 Å². The summed E-state index contributed by atoms with van der Waals surface area (Å²) in [6.07, 6.45) is 3.06. The van der Waals surface area contributed by atoms with Crippen LogP contribution in [0.15, 0.2) is 82.6 Å². The van der Waals surface area contributed by atoms with Crippen LogP contribution in [0.4, 0.5) is 22.7 Å². The van der Waals surface area contributed by atoms with Crippen molar-refractivity contribution in [1.29, 1.82) is 0 Å². The van der Waals surface area contributed by atoms with E-state index in [0.717, 1.165) is 23.9 Å². The van der Waals surface area contributed by atoms with Gasteiger partial charge in [-0.1, -0.05) is 35.4 Å². The van der Waals surface area contributed by atoms with E-state index in [0.29, 0.717) is 78.3 Å². The summed E-state index contributed by atoms with van der Waals surface area (Å²) in [6, 6.07) is 21.2. The SMILES string of the molecule is Br.Cc1ccc(N2CCN(C(=O)c3ccc(N4CCCS4(=O)=O)cc3S(C)(=O)=O)CC2)c(C)c1.Cc1ccc(N2CCN(C(=O)c3ccc(N4CCCS4(=O)=O)cc3S(C)(=O)=O)CC2)c(C)c1. The number of piperazine rings is 2. The van der Waals surface area contributed by atoms with E-state index >= 15 is 0 Å². The molecule has 8 rings (SSSR count). The van der Waals surface area contributed by atoms with Crippen molar-refractivity contribution in [3.8, 4) is 0 Å². The maximum atomic E-state index is 13.3. The second kappa shape index (κ2) is 20.1. The molecule has 0 aromatic heterocycles. The van der Waals surface area contributed by atoms with E-state index in [-0.39, 0.29) is 72.6 Å². The highest BCUT2D eigenvalue weighted by molar-refractivity contribution is 8.93. The number of hydrogen-bond donors (Lipinski definition) is 0. The van der Waals surface area contributed by atoms with Crippen LogP contribution in [0.1, 0.15) is 55.8 Å². The number of aryl methyl sites for hydroxylation is 4. The summed E-state index contributed by atoms with van der Waals surface area (Å²) in [6.45, 7) is 13.3. The Balaban J connectivity index is 0.000000218. The fourth-order valence-electron chi connectivity index (χ4n) is 9.12. The monoisotopic (exact) mass is 1060 g/mol. The van der Waals surface area contributed by atoms with Gasteiger partial charge in [-0.2, -0.15) is 0 Å². The van der Waals surface area contributed by atoms with Crippen LogP contribution < -0.4 is 18.4 Å². The number of anilines is 4. The largest absolute Gasteiger partial charge is 0.368 e. The van der Waals surface area contributed by atoms with Crippen molar-refractivity contribution >= 4 is 91.3 Å². The molecule has 67 heavy (non-hydrogen) atoms. The Labute approximate surface area is 406 Å². The van der Waals surface area contributed by atoms with Crippen molar-refractivity contribution in [1.82, 2.24) is 9.80 Å². The van der Waals surface area contributed by atoms with Crippen molar-refractivity contribution < 1.29 is 43.3 Å². The van der Waals surface area contributed by atoms with E-state index in [1.165, 1.54) is 67.3 Å². The molecule has 0 radical (unpaired) electrons. The number of hydrogen-bond acceptors (Lipinski definition) is 12. The summed E-state index contributed by atoms with van der Waals surface area (Å²) in [7, 11) is -14.4. The number of carbonyl (C=O) groups excluding carboxylic acids is 2. The van der Waals surface area contributed by atoms with Gasteiger partial charge in [-0.05, 0) is 100 Å². The molecule has 16 nitrogen and oxygen atoms in total. The summed E-state index contributed by atoms with van der Waals surface area (Å²) < 4.78 is 102. The molecule has 4 aromatic rings. The molecule has 0 saturated carbocycles. The van der Waals surface area contributed by atoms with Gasteiger partial charge < -0.3 is 19.6 Å². The Kier molecular flexibility index (Phi) is 15.5. The first kappa shape index (κ1) is 51.7. The molecular weight excluding hydrogens is 1000 g/mol. The lowest BCUT2D eigenvalue weighted by Gasteiger charge is -2.37. The Hall–Kier alpha value is -4.70. The lowest BCUT2D eigenvalue weighted by Crippen LogP contribution is -2.49. The van der Waals surface area contributed by atoms with E-state index < -0.39 is 39.7 Å². The molecule has 364 valence electrons. The van der Waals surface area contributed by atoms with Gasteiger partial charge in [0.25, 0.3) is 11.8 Å². The van der Waals surface area contributed by atoms with Crippen molar-refractivity contribution in [2.24, 2.45) is 0 Å². The van der Waals surface area contributed by atoms with Gasteiger partial charge in [0.15, 0.2) is 19.7 Å². The molecule has 0 unspecified atom stereocenters. The number of halogens is 1. The Bertz CT molecular complexity index is 2810. The zero-order chi connectivity index (χ0) is 47.9. The van der Waals surface area contributed by atoms with Crippen LogP contribution in [0, 0.1) is 27.7 Å². The van der Waals surface area contributed by atoms with E-state index in [2.05, 4.69) is 73.9 Å². The number of carbonyl (C=O) groups is 2. The summed E-state index contributed by atoms with van der Waals surface area (Å²) >= 11 is 0. The second-order valence-electron chi connectivity index (χ2n) is 17.5. The first-order valence-electron chi connectivity index (χ1n) is 21.9. The van der Waals surface area contributed by atoms with Crippen LogP contribution >= 0.6 is 17.0 Å². The molecule has 21 heteroatoms. The third kappa shape index (κ3) is 11.4. The van der Waals surface area contributed by atoms with Crippen LogP contribution in [0.2, 0.25) is 0 Å². The van der Waals surface area contributed by atoms with E-state index in [1.54, 1.807) is 9.80 Å². The fourth-order valence-corrected chi connectivity index (χ4v) is 14.0. The molecule has 4 saturated heterocycles. The van der Waals surface area contributed by atoms with Gasteiger partial charge in [-0.3, -0.25) is 18.2 Å². The van der Waals surface area contributed by atoms with E-state index in [4.69, 9.17) is 0 Å². The maximum absolute atomic E-state index is 13.3. The molecule has 4 aliphatic rings. The minimum atomic E-state index is -3.75. The zero-order valence-corrected chi connectivity index (χ0v) is 43.6. The smallest absolute Gasteiger partial charge is 0.255 e. The molecule has 4 fully saturated rings. The van der Waals surface area contributed by atoms with Crippen molar-refractivity contribution in [3.63, 3.8) is 0 Å². The number of nitrogens with zero attached hydrogens (tertiary/aromatic N) is 6. The summed E-state index contributed by atoms with van der Waals surface area (Å²) in [5, 5.41) is 0. The average Bonchev–Trinajstić information content (AvgIpc) is 3.81. The van der Waals surface area contributed by atoms with Gasteiger partial charge in [0.2, 0.25) is 20.0 Å². The van der Waals surface area contributed by atoms with E-state index in [9.17, 15) is 43.3 Å². The van der Waals surface area contributed by atoms with Crippen molar-refractivity contribution in [2.75, 3.05) is 108 Å². The lowest BCUT2D eigenvalue weighted by molar-refractivity contribution is 0.0735.